The molecule has 8 heteroatoms. The van der Waals surface area contributed by atoms with E-state index in [4.69, 9.17) is 33.7 Å². The molecule has 1 aromatic heterocycles. The van der Waals surface area contributed by atoms with Gasteiger partial charge in [0, 0.05) is 37.5 Å². The van der Waals surface area contributed by atoms with E-state index in [1.165, 1.54) is 6.07 Å². The lowest BCUT2D eigenvalue weighted by atomic mass is 10.0. The second kappa shape index (κ2) is 9.21. The molecule has 5 rings (SSSR count). The monoisotopic (exact) mass is 510 g/mol. The molecule has 0 aliphatic rings. The lowest BCUT2D eigenvalue weighted by Gasteiger charge is -2.14. The predicted molar refractivity (Wildman–Crippen MR) is 136 cm³/mol. The molecule has 1 amide bonds. The number of carbonyl (C=O) groups excluding carboxylic acids is 1. The minimum Gasteiger partial charge on any atom is -0.434 e. The van der Waals surface area contributed by atoms with Crippen LogP contribution in [0.4, 0.5) is 8.78 Å². The molecular weight excluding hydrogens is 493 g/mol. The molecule has 0 saturated carbocycles. The maximum atomic E-state index is 13.0. The quantitative estimate of drug-likeness (QED) is 0.256. The molecule has 0 atom stereocenters. The van der Waals surface area contributed by atoms with Crippen LogP contribution in [-0.2, 0) is 6.54 Å². The Balaban J connectivity index is 1.78. The van der Waals surface area contributed by atoms with Gasteiger partial charge in [0.15, 0.2) is 0 Å². The summed E-state index contributed by atoms with van der Waals surface area (Å²) >= 11 is 12.5. The van der Waals surface area contributed by atoms with Gasteiger partial charge in [-0.2, -0.15) is 8.78 Å². The van der Waals surface area contributed by atoms with Crippen LogP contribution in [0, 0.1) is 0 Å². The van der Waals surface area contributed by atoms with Crippen molar-refractivity contribution in [2.45, 2.75) is 13.2 Å². The number of hydrogen-bond acceptors (Lipinski definition) is 2. The van der Waals surface area contributed by atoms with Crippen molar-refractivity contribution in [1.82, 2.24) is 4.57 Å². The summed E-state index contributed by atoms with van der Waals surface area (Å²) in [6.07, 6.45) is 0. The van der Waals surface area contributed by atoms with Crippen LogP contribution in [0.5, 0.6) is 5.75 Å². The number of alkyl halides is 2. The van der Waals surface area contributed by atoms with Gasteiger partial charge < -0.3 is 15.0 Å². The van der Waals surface area contributed by atoms with Crippen molar-refractivity contribution in [2.24, 2.45) is 5.73 Å². The van der Waals surface area contributed by atoms with Crippen LogP contribution in [0.15, 0.2) is 78.9 Å². The first-order chi connectivity index (χ1) is 16.8. The first-order valence-corrected chi connectivity index (χ1v) is 11.4. The lowest BCUT2D eigenvalue weighted by molar-refractivity contribution is -0.0504. The normalized spacial score (nSPS) is 11.5. The second-order valence-corrected chi connectivity index (χ2v) is 8.84. The molecule has 0 aliphatic carbocycles. The third kappa shape index (κ3) is 4.31. The van der Waals surface area contributed by atoms with Gasteiger partial charge in [-0.3, -0.25) is 4.79 Å². The zero-order chi connectivity index (χ0) is 24.7. The molecule has 0 bridgehead atoms. The second-order valence-electron chi connectivity index (χ2n) is 7.99. The lowest BCUT2D eigenvalue weighted by Crippen LogP contribution is -2.11. The Hall–Kier alpha value is -3.61. The highest BCUT2D eigenvalue weighted by Gasteiger charge is 2.19. The molecule has 35 heavy (non-hydrogen) atoms. The third-order valence-electron chi connectivity index (χ3n) is 5.92. The Bertz CT molecular complexity index is 1600. The van der Waals surface area contributed by atoms with Crippen LogP contribution in [0.1, 0.15) is 15.9 Å². The van der Waals surface area contributed by atoms with Crippen molar-refractivity contribution in [1.29, 1.82) is 0 Å². The number of carbonyl (C=O) groups is 1. The minimum absolute atomic E-state index is 0.0838. The summed E-state index contributed by atoms with van der Waals surface area (Å²) in [6.45, 7) is -2.72. The van der Waals surface area contributed by atoms with E-state index in [1.807, 2.05) is 34.9 Å². The van der Waals surface area contributed by atoms with Crippen molar-refractivity contribution in [3.8, 4) is 16.9 Å². The van der Waals surface area contributed by atoms with E-state index in [1.54, 1.807) is 42.5 Å². The summed E-state index contributed by atoms with van der Waals surface area (Å²) < 4.78 is 32.8. The zero-order valence-corrected chi connectivity index (χ0v) is 19.7. The van der Waals surface area contributed by atoms with E-state index in [2.05, 4.69) is 0 Å². The average Bonchev–Trinajstić information content (AvgIpc) is 3.13. The minimum atomic E-state index is -2.95. The summed E-state index contributed by atoms with van der Waals surface area (Å²) in [5.41, 5.74) is 9.76. The van der Waals surface area contributed by atoms with E-state index in [-0.39, 0.29) is 12.3 Å². The number of primary amides is 1. The number of hydrogen-bond donors (Lipinski definition) is 1. The van der Waals surface area contributed by atoms with Gasteiger partial charge in [0.05, 0.1) is 17.6 Å². The van der Waals surface area contributed by atoms with E-state index in [0.29, 0.717) is 26.6 Å². The molecule has 0 radical (unpaired) electrons. The summed E-state index contributed by atoms with van der Waals surface area (Å²) in [7, 11) is 0. The third-order valence-corrected chi connectivity index (χ3v) is 6.46. The Morgan fingerprint density at radius 1 is 0.943 bits per heavy atom. The molecule has 1 heterocycles. The highest BCUT2D eigenvalue weighted by Crippen LogP contribution is 2.38. The number of amides is 1. The Morgan fingerprint density at radius 3 is 2.49 bits per heavy atom. The van der Waals surface area contributed by atoms with Gasteiger partial charge in [0.25, 0.3) is 0 Å². The molecule has 4 aromatic carbocycles. The number of rotatable bonds is 6. The number of aromatic nitrogens is 1. The van der Waals surface area contributed by atoms with Gasteiger partial charge in [-0.1, -0.05) is 65.7 Å². The summed E-state index contributed by atoms with van der Waals surface area (Å²) in [6, 6.07) is 22.9. The van der Waals surface area contributed by atoms with Gasteiger partial charge in [0.2, 0.25) is 5.91 Å². The topological polar surface area (TPSA) is 57.2 Å². The molecule has 0 spiro atoms. The molecular formula is C27H18Cl2F2N2O2. The molecule has 176 valence electrons. The number of para-hydroxylation sites is 1. The predicted octanol–water partition coefficient (Wildman–Crippen LogP) is 7.52. The first kappa shape index (κ1) is 23.1. The standard InChI is InChI=1S/C27H18Cl2F2N2O2/c28-17-9-11-18(21(29)13-17)15-8-10-19-23(12-15)33(22-6-3-5-20(25(19)22)26(32)34)14-16-4-1-2-7-24(16)35-27(30)31/h1-13,27H,14H2,(H2,32,34). The number of fused-ring (bicyclic) bond motifs is 3. The van der Waals surface area contributed by atoms with Crippen molar-refractivity contribution >= 4 is 50.9 Å². The van der Waals surface area contributed by atoms with Gasteiger partial charge in [-0.05, 0) is 42.0 Å². The van der Waals surface area contributed by atoms with Crippen molar-refractivity contribution in [2.75, 3.05) is 0 Å². The largest absolute Gasteiger partial charge is 0.434 e. The molecule has 2 N–H and O–H groups in total. The summed E-state index contributed by atoms with van der Waals surface area (Å²) in [5, 5.41) is 2.51. The van der Waals surface area contributed by atoms with E-state index in [0.717, 1.165) is 27.5 Å². The fourth-order valence-electron chi connectivity index (χ4n) is 4.43. The number of nitrogens with zero attached hydrogens (tertiary/aromatic N) is 1. The smallest absolute Gasteiger partial charge is 0.387 e. The summed E-state index contributed by atoms with van der Waals surface area (Å²) in [4.78, 5) is 12.2. The van der Waals surface area contributed by atoms with Crippen LogP contribution >= 0.6 is 23.2 Å². The van der Waals surface area contributed by atoms with Crippen LogP contribution in [-0.4, -0.2) is 17.1 Å². The van der Waals surface area contributed by atoms with Gasteiger partial charge >= 0.3 is 6.61 Å². The van der Waals surface area contributed by atoms with Gasteiger partial charge in [-0.15, -0.1) is 0 Å². The maximum absolute atomic E-state index is 13.0. The van der Waals surface area contributed by atoms with E-state index >= 15 is 0 Å². The average molecular weight is 511 g/mol. The number of benzene rings is 4. The molecule has 0 aliphatic heterocycles. The first-order valence-electron chi connectivity index (χ1n) is 10.7. The van der Waals surface area contributed by atoms with Crippen LogP contribution in [0.25, 0.3) is 32.9 Å². The number of ether oxygens (including phenoxy) is 1. The van der Waals surface area contributed by atoms with Crippen LogP contribution in [0.2, 0.25) is 10.0 Å². The Morgan fingerprint density at radius 2 is 1.74 bits per heavy atom. The van der Waals surface area contributed by atoms with Gasteiger partial charge in [-0.25, -0.2) is 0 Å². The maximum Gasteiger partial charge on any atom is 0.387 e. The molecule has 0 unspecified atom stereocenters. The fourth-order valence-corrected chi connectivity index (χ4v) is 4.94. The van der Waals surface area contributed by atoms with Crippen molar-refractivity contribution in [3.05, 3.63) is 100 Å². The van der Waals surface area contributed by atoms with Crippen LogP contribution in [0.3, 0.4) is 0 Å². The molecule has 5 aromatic rings. The molecule has 4 nitrogen and oxygen atoms in total. The van der Waals surface area contributed by atoms with Crippen molar-refractivity contribution < 1.29 is 18.3 Å². The van der Waals surface area contributed by atoms with Gasteiger partial charge in [0.1, 0.15) is 5.75 Å². The van der Waals surface area contributed by atoms with Crippen molar-refractivity contribution in [3.63, 3.8) is 0 Å². The highest BCUT2D eigenvalue weighted by molar-refractivity contribution is 6.36. The molecule has 0 saturated heterocycles. The van der Waals surface area contributed by atoms with E-state index in [9.17, 15) is 13.6 Å². The fraction of sp³-hybridized carbons (Fsp3) is 0.0741. The Kier molecular flexibility index (Phi) is 6.09. The zero-order valence-electron chi connectivity index (χ0n) is 18.1. The van der Waals surface area contributed by atoms with E-state index < -0.39 is 12.5 Å². The Labute approximate surface area is 209 Å². The number of nitrogens with two attached hydrogens (primary N) is 1. The number of halogens is 4. The highest BCUT2D eigenvalue weighted by atomic mass is 35.5. The summed E-state index contributed by atoms with van der Waals surface area (Å²) in [5.74, 6) is -0.471. The SMILES string of the molecule is NC(=O)c1cccc2c1c1ccc(-c3ccc(Cl)cc3Cl)cc1n2Cc1ccccc1OC(F)F. The molecule has 0 fully saturated rings. The van der Waals surface area contributed by atoms with Crippen LogP contribution < -0.4 is 10.5 Å².